The Hall–Kier alpha value is -2.38. The maximum Gasteiger partial charge on any atom is 0.434 e. The molecule has 24 heavy (non-hydrogen) atoms. The molecule has 1 aliphatic rings. The fraction of sp³-hybridized carbons (Fsp3) is 0.438. The summed E-state index contributed by atoms with van der Waals surface area (Å²) in [6.07, 6.45) is -0.502. The Labute approximate surface area is 137 Å². The van der Waals surface area contributed by atoms with E-state index in [1.54, 1.807) is 36.3 Å². The van der Waals surface area contributed by atoms with Crippen molar-refractivity contribution in [3.05, 3.63) is 47.8 Å². The third-order valence-corrected chi connectivity index (χ3v) is 4.16. The van der Waals surface area contributed by atoms with Crippen molar-refractivity contribution >= 4 is 5.91 Å². The molecule has 5 nitrogen and oxygen atoms in total. The molecule has 128 valence electrons. The number of likely N-dealkylation sites (tertiary alicyclic amines) is 1. The predicted molar refractivity (Wildman–Crippen MR) is 80.3 cm³/mol. The Kier molecular flexibility index (Phi) is 4.29. The van der Waals surface area contributed by atoms with Crippen LogP contribution in [0.15, 0.2) is 30.6 Å². The van der Waals surface area contributed by atoms with Gasteiger partial charge in [-0.1, -0.05) is 6.07 Å². The Morgan fingerprint density at radius 1 is 1.33 bits per heavy atom. The van der Waals surface area contributed by atoms with Gasteiger partial charge in [0.05, 0.1) is 0 Å². The number of carbonyl (C=O) groups excluding carboxylic acids is 1. The Bertz CT molecular complexity index is 727. The molecule has 1 atom stereocenters. The number of halogens is 3. The van der Waals surface area contributed by atoms with E-state index in [-0.39, 0.29) is 11.8 Å². The van der Waals surface area contributed by atoms with Crippen LogP contribution in [0.3, 0.4) is 0 Å². The number of imidazole rings is 1. The average molecular weight is 338 g/mol. The van der Waals surface area contributed by atoms with Crippen molar-refractivity contribution in [1.29, 1.82) is 0 Å². The molecule has 1 amide bonds. The van der Waals surface area contributed by atoms with Gasteiger partial charge >= 0.3 is 6.18 Å². The first-order chi connectivity index (χ1) is 11.4. The fourth-order valence-electron chi connectivity index (χ4n) is 3.02. The number of hydrogen-bond donors (Lipinski definition) is 0. The van der Waals surface area contributed by atoms with Crippen molar-refractivity contribution in [3.8, 4) is 0 Å². The van der Waals surface area contributed by atoms with Crippen LogP contribution in [0.4, 0.5) is 13.2 Å². The summed E-state index contributed by atoms with van der Waals surface area (Å²) in [4.78, 5) is 21.9. The number of piperidine rings is 1. The standard InChI is InChI=1S/C16H17F3N4O/c1-22-10-13(16(17,18)19)21-14(22)11-5-4-8-23(9-11)15(24)12-6-2-3-7-20-12/h2-3,6-7,10-11H,4-5,8-9H2,1H3. The highest BCUT2D eigenvalue weighted by Crippen LogP contribution is 2.32. The molecule has 3 rings (SSSR count). The summed E-state index contributed by atoms with van der Waals surface area (Å²) in [5.74, 6) is -0.0566. The zero-order chi connectivity index (χ0) is 17.3. The van der Waals surface area contributed by atoms with E-state index < -0.39 is 11.9 Å². The molecular formula is C16H17F3N4O. The second kappa shape index (κ2) is 6.26. The fourth-order valence-corrected chi connectivity index (χ4v) is 3.02. The zero-order valence-electron chi connectivity index (χ0n) is 13.1. The molecule has 2 aromatic heterocycles. The summed E-state index contributed by atoms with van der Waals surface area (Å²) in [6, 6.07) is 5.09. The molecule has 0 bridgehead atoms. The minimum absolute atomic E-state index is 0.203. The third-order valence-electron chi connectivity index (χ3n) is 4.16. The highest BCUT2D eigenvalue weighted by atomic mass is 19.4. The highest BCUT2D eigenvalue weighted by Gasteiger charge is 2.36. The van der Waals surface area contributed by atoms with Gasteiger partial charge in [-0.2, -0.15) is 13.2 Å². The van der Waals surface area contributed by atoms with Crippen molar-refractivity contribution in [2.75, 3.05) is 13.1 Å². The molecule has 0 N–H and O–H groups in total. The van der Waals surface area contributed by atoms with Crippen LogP contribution in [0.5, 0.6) is 0 Å². The second-order valence-electron chi connectivity index (χ2n) is 5.90. The summed E-state index contributed by atoms with van der Waals surface area (Å²) >= 11 is 0. The summed E-state index contributed by atoms with van der Waals surface area (Å²) in [6.45, 7) is 0.917. The number of amides is 1. The number of hydrogen-bond acceptors (Lipinski definition) is 3. The molecule has 1 aliphatic heterocycles. The molecule has 2 aromatic rings. The minimum Gasteiger partial charge on any atom is -0.337 e. The smallest absolute Gasteiger partial charge is 0.337 e. The minimum atomic E-state index is -4.46. The van der Waals surface area contributed by atoms with Gasteiger partial charge in [-0.05, 0) is 25.0 Å². The van der Waals surface area contributed by atoms with E-state index in [2.05, 4.69) is 9.97 Å². The topological polar surface area (TPSA) is 51.0 Å². The molecular weight excluding hydrogens is 321 g/mol. The van der Waals surface area contributed by atoms with E-state index in [9.17, 15) is 18.0 Å². The third kappa shape index (κ3) is 3.27. The van der Waals surface area contributed by atoms with Gasteiger partial charge in [-0.15, -0.1) is 0 Å². The Morgan fingerprint density at radius 2 is 2.12 bits per heavy atom. The first-order valence-electron chi connectivity index (χ1n) is 7.67. The zero-order valence-corrected chi connectivity index (χ0v) is 13.1. The van der Waals surface area contributed by atoms with Gasteiger partial charge in [0.1, 0.15) is 11.5 Å². The number of aryl methyl sites for hydroxylation is 1. The Balaban J connectivity index is 1.79. The second-order valence-corrected chi connectivity index (χ2v) is 5.90. The van der Waals surface area contributed by atoms with Gasteiger partial charge in [-0.25, -0.2) is 4.98 Å². The lowest BCUT2D eigenvalue weighted by Crippen LogP contribution is -2.40. The number of rotatable bonds is 2. The molecule has 0 aliphatic carbocycles. The largest absolute Gasteiger partial charge is 0.434 e. The van der Waals surface area contributed by atoms with Gasteiger partial charge < -0.3 is 9.47 Å². The van der Waals surface area contributed by atoms with E-state index in [0.717, 1.165) is 12.6 Å². The van der Waals surface area contributed by atoms with Gasteiger partial charge in [0.25, 0.3) is 5.91 Å². The van der Waals surface area contributed by atoms with Crippen LogP contribution in [0.25, 0.3) is 0 Å². The number of pyridine rings is 1. The van der Waals surface area contributed by atoms with Crippen molar-refractivity contribution in [2.45, 2.75) is 24.9 Å². The van der Waals surface area contributed by atoms with Crippen LogP contribution in [0.1, 0.15) is 40.8 Å². The summed E-state index contributed by atoms with van der Waals surface area (Å²) in [5, 5.41) is 0. The molecule has 0 saturated carbocycles. The van der Waals surface area contributed by atoms with E-state index in [0.29, 0.717) is 31.0 Å². The van der Waals surface area contributed by atoms with Crippen molar-refractivity contribution < 1.29 is 18.0 Å². The average Bonchev–Trinajstić information content (AvgIpc) is 2.97. The van der Waals surface area contributed by atoms with Gasteiger partial charge in [-0.3, -0.25) is 9.78 Å². The monoisotopic (exact) mass is 338 g/mol. The van der Waals surface area contributed by atoms with Crippen molar-refractivity contribution in [1.82, 2.24) is 19.4 Å². The van der Waals surface area contributed by atoms with Crippen LogP contribution in [0.2, 0.25) is 0 Å². The van der Waals surface area contributed by atoms with Crippen molar-refractivity contribution in [2.24, 2.45) is 7.05 Å². The SMILES string of the molecule is Cn1cc(C(F)(F)F)nc1C1CCCN(C(=O)c2ccccn2)C1. The van der Waals surface area contributed by atoms with Gasteiger partial charge in [0, 0.05) is 38.4 Å². The van der Waals surface area contributed by atoms with E-state index >= 15 is 0 Å². The molecule has 0 spiro atoms. The molecule has 3 heterocycles. The number of aromatic nitrogens is 3. The van der Waals surface area contributed by atoms with Crippen LogP contribution in [-0.4, -0.2) is 38.4 Å². The summed E-state index contributed by atoms with van der Waals surface area (Å²) < 4.78 is 39.9. The molecule has 8 heteroatoms. The van der Waals surface area contributed by atoms with Crippen LogP contribution < -0.4 is 0 Å². The van der Waals surface area contributed by atoms with Gasteiger partial charge in [0.15, 0.2) is 5.69 Å². The first kappa shape index (κ1) is 16.5. The van der Waals surface area contributed by atoms with E-state index in [1.165, 1.54) is 4.57 Å². The normalized spacial score (nSPS) is 18.7. The summed E-state index contributed by atoms with van der Waals surface area (Å²) in [5.41, 5.74) is -0.554. The highest BCUT2D eigenvalue weighted by molar-refractivity contribution is 5.92. The van der Waals surface area contributed by atoms with E-state index in [4.69, 9.17) is 0 Å². The maximum atomic E-state index is 12.8. The lowest BCUT2D eigenvalue weighted by molar-refractivity contribution is -0.141. The molecule has 0 radical (unpaired) electrons. The quantitative estimate of drug-likeness (QED) is 0.846. The van der Waals surface area contributed by atoms with Gasteiger partial charge in [0.2, 0.25) is 0 Å². The molecule has 0 aromatic carbocycles. The van der Waals surface area contributed by atoms with Crippen molar-refractivity contribution in [3.63, 3.8) is 0 Å². The summed E-state index contributed by atoms with van der Waals surface area (Å²) in [7, 11) is 1.55. The lowest BCUT2D eigenvalue weighted by Gasteiger charge is -2.32. The number of nitrogens with zero attached hydrogens (tertiary/aromatic N) is 4. The maximum absolute atomic E-state index is 12.8. The van der Waals surface area contributed by atoms with Crippen LogP contribution >= 0.6 is 0 Å². The first-order valence-corrected chi connectivity index (χ1v) is 7.67. The number of carbonyl (C=O) groups is 1. The van der Waals surface area contributed by atoms with Crippen LogP contribution in [0, 0.1) is 0 Å². The van der Waals surface area contributed by atoms with E-state index in [1.807, 2.05) is 0 Å². The molecule has 1 fully saturated rings. The predicted octanol–water partition coefficient (Wildman–Crippen LogP) is 2.85. The molecule has 1 unspecified atom stereocenters. The molecule has 1 saturated heterocycles. The van der Waals surface area contributed by atoms with Crippen LogP contribution in [-0.2, 0) is 13.2 Å². The number of alkyl halides is 3. The lowest BCUT2D eigenvalue weighted by atomic mass is 9.97. The Morgan fingerprint density at radius 3 is 2.75 bits per heavy atom.